The largest absolute Gasteiger partial charge is 0.458 e. The first-order valence-corrected chi connectivity index (χ1v) is 7.28. The standard InChI is InChI=1S/C16H17NO5/c1-10-2-3-12-8-21-9-14(12)15(10)22-16(18)11-4-6-13(7-5-11)17(19)20/h2-7,10,12,14-15H,8-9H2,1H3/t10-,12-,14-,15-/m0/s1. The monoisotopic (exact) mass is 303 g/mol. The molecule has 2 aliphatic rings. The summed E-state index contributed by atoms with van der Waals surface area (Å²) in [6, 6.07) is 5.46. The Hall–Kier alpha value is -2.21. The van der Waals surface area contributed by atoms with Crippen molar-refractivity contribution in [2.45, 2.75) is 13.0 Å². The summed E-state index contributed by atoms with van der Waals surface area (Å²) in [4.78, 5) is 22.4. The number of non-ortho nitro benzene ring substituents is 1. The van der Waals surface area contributed by atoms with E-state index >= 15 is 0 Å². The molecule has 0 saturated carbocycles. The molecule has 6 heteroatoms. The Morgan fingerprint density at radius 1 is 1.27 bits per heavy atom. The number of nitro groups is 1. The van der Waals surface area contributed by atoms with Gasteiger partial charge in [-0.3, -0.25) is 10.1 Å². The number of ether oxygens (including phenoxy) is 2. The zero-order valence-corrected chi connectivity index (χ0v) is 12.2. The SMILES string of the molecule is C[C@H]1C=C[C@H]2COC[C@@H]2[C@H]1OC(=O)c1ccc([N+](=O)[O-])cc1. The van der Waals surface area contributed by atoms with Gasteiger partial charge in [0.25, 0.3) is 5.69 Å². The van der Waals surface area contributed by atoms with Crippen molar-refractivity contribution >= 4 is 11.7 Å². The Labute approximate surface area is 127 Å². The average molecular weight is 303 g/mol. The molecule has 0 spiro atoms. The predicted octanol–water partition coefficient (Wildman–Crippen LogP) is 2.59. The molecule has 3 rings (SSSR count). The van der Waals surface area contributed by atoms with Crippen LogP contribution in [0.15, 0.2) is 36.4 Å². The van der Waals surface area contributed by atoms with Crippen molar-refractivity contribution in [3.63, 3.8) is 0 Å². The summed E-state index contributed by atoms with van der Waals surface area (Å²) in [5.41, 5.74) is 0.276. The Morgan fingerprint density at radius 3 is 2.68 bits per heavy atom. The highest BCUT2D eigenvalue weighted by molar-refractivity contribution is 5.89. The molecule has 4 atom stereocenters. The van der Waals surface area contributed by atoms with Crippen molar-refractivity contribution in [3.05, 3.63) is 52.1 Å². The summed E-state index contributed by atoms with van der Waals surface area (Å²) in [5.74, 6) is 0.158. The van der Waals surface area contributed by atoms with Crippen molar-refractivity contribution in [2.24, 2.45) is 17.8 Å². The molecule has 1 fully saturated rings. The van der Waals surface area contributed by atoms with Crippen LogP contribution in [0.4, 0.5) is 5.69 Å². The molecule has 1 aromatic rings. The molecule has 0 bridgehead atoms. The van der Waals surface area contributed by atoms with E-state index < -0.39 is 10.9 Å². The average Bonchev–Trinajstić information content (AvgIpc) is 2.99. The fourth-order valence-electron chi connectivity index (χ4n) is 3.05. The second-order valence-corrected chi connectivity index (χ2v) is 5.78. The van der Waals surface area contributed by atoms with Gasteiger partial charge in [0, 0.05) is 29.9 Å². The third-order valence-corrected chi connectivity index (χ3v) is 4.33. The quantitative estimate of drug-likeness (QED) is 0.371. The van der Waals surface area contributed by atoms with E-state index in [1.165, 1.54) is 24.3 Å². The van der Waals surface area contributed by atoms with Gasteiger partial charge in [-0.25, -0.2) is 4.79 Å². The second-order valence-electron chi connectivity index (χ2n) is 5.78. The van der Waals surface area contributed by atoms with E-state index in [4.69, 9.17) is 9.47 Å². The van der Waals surface area contributed by atoms with Crippen LogP contribution in [0, 0.1) is 27.9 Å². The zero-order valence-electron chi connectivity index (χ0n) is 12.2. The normalized spacial score (nSPS) is 29.9. The molecule has 1 aliphatic heterocycles. The lowest BCUT2D eigenvalue weighted by atomic mass is 9.79. The van der Waals surface area contributed by atoms with Gasteiger partial charge in [-0.1, -0.05) is 19.1 Å². The Bertz CT molecular complexity index is 609. The number of fused-ring (bicyclic) bond motifs is 1. The van der Waals surface area contributed by atoms with Crippen molar-refractivity contribution in [1.29, 1.82) is 0 Å². The molecule has 1 saturated heterocycles. The molecule has 22 heavy (non-hydrogen) atoms. The van der Waals surface area contributed by atoms with Gasteiger partial charge in [-0.05, 0) is 12.1 Å². The highest BCUT2D eigenvalue weighted by Gasteiger charge is 2.40. The maximum Gasteiger partial charge on any atom is 0.338 e. The van der Waals surface area contributed by atoms with Crippen LogP contribution in [0.1, 0.15) is 17.3 Å². The molecule has 0 radical (unpaired) electrons. The van der Waals surface area contributed by atoms with Crippen LogP contribution < -0.4 is 0 Å². The summed E-state index contributed by atoms with van der Waals surface area (Å²) in [7, 11) is 0. The fourth-order valence-corrected chi connectivity index (χ4v) is 3.05. The van der Waals surface area contributed by atoms with Gasteiger partial charge in [0.15, 0.2) is 0 Å². The minimum atomic E-state index is -0.496. The van der Waals surface area contributed by atoms with Gasteiger partial charge in [-0.15, -0.1) is 0 Å². The van der Waals surface area contributed by atoms with Crippen molar-refractivity contribution in [2.75, 3.05) is 13.2 Å². The lowest BCUT2D eigenvalue weighted by Crippen LogP contribution is -2.38. The Balaban J connectivity index is 1.73. The van der Waals surface area contributed by atoms with E-state index in [1.54, 1.807) is 0 Å². The summed E-state index contributed by atoms with van der Waals surface area (Å²) in [5, 5.41) is 10.6. The first-order valence-electron chi connectivity index (χ1n) is 7.28. The molecule has 0 N–H and O–H groups in total. The minimum Gasteiger partial charge on any atom is -0.458 e. The van der Waals surface area contributed by atoms with Crippen LogP contribution >= 0.6 is 0 Å². The van der Waals surface area contributed by atoms with E-state index in [0.717, 1.165) is 0 Å². The van der Waals surface area contributed by atoms with Gasteiger partial charge >= 0.3 is 5.97 Å². The van der Waals surface area contributed by atoms with Crippen molar-refractivity contribution in [3.8, 4) is 0 Å². The van der Waals surface area contributed by atoms with Gasteiger partial charge in [-0.2, -0.15) is 0 Å². The maximum atomic E-state index is 12.3. The van der Waals surface area contributed by atoms with Crippen molar-refractivity contribution < 1.29 is 19.2 Å². The number of hydrogen-bond acceptors (Lipinski definition) is 5. The van der Waals surface area contributed by atoms with E-state index in [9.17, 15) is 14.9 Å². The molecule has 1 heterocycles. The molecule has 116 valence electrons. The van der Waals surface area contributed by atoms with Crippen LogP contribution in [-0.2, 0) is 9.47 Å². The fraction of sp³-hybridized carbons (Fsp3) is 0.438. The molecule has 0 amide bonds. The Kier molecular flexibility index (Phi) is 3.94. The number of hydrogen-bond donors (Lipinski definition) is 0. The van der Waals surface area contributed by atoms with Gasteiger partial charge in [0.05, 0.1) is 23.7 Å². The molecular formula is C16H17NO5. The highest BCUT2D eigenvalue weighted by Crippen LogP contribution is 2.35. The number of nitro benzene ring substituents is 1. The molecule has 0 unspecified atom stereocenters. The first-order chi connectivity index (χ1) is 10.6. The number of esters is 1. The van der Waals surface area contributed by atoms with Crippen molar-refractivity contribution in [1.82, 2.24) is 0 Å². The Morgan fingerprint density at radius 2 is 2.00 bits per heavy atom. The van der Waals surface area contributed by atoms with E-state index in [1.807, 2.05) is 6.92 Å². The molecule has 6 nitrogen and oxygen atoms in total. The van der Waals surface area contributed by atoms with Crippen LogP contribution in [0.5, 0.6) is 0 Å². The number of benzene rings is 1. The number of carbonyl (C=O) groups excluding carboxylic acids is 1. The van der Waals surface area contributed by atoms with Crippen LogP contribution in [0.3, 0.4) is 0 Å². The smallest absolute Gasteiger partial charge is 0.338 e. The first kappa shape index (κ1) is 14.7. The minimum absolute atomic E-state index is 0.0465. The lowest BCUT2D eigenvalue weighted by molar-refractivity contribution is -0.384. The van der Waals surface area contributed by atoms with Gasteiger partial charge in [0.1, 0.15) is 6.10 Å². The summed E-state index contributed by atoms with van der Waals surface area (Å²) in [6.45, 7) is 3.27. The summed E-state index contributed by atoms with van der Waals surface area (Å²) in [6.07, 6.45) is 3.97. The highest BCUT2D eigenvalue weighted by atomic mass is 16.6. The molecule has 1 aromatic carbocycles. The maximum absolute atomic E-state index is 12.3. The number of rotatable bonds is 3. The van der Waals surface area contributed by atoms with Gasteiger partial charge in [0.2, 0.25) is 0 Å². The molecule has 0 aromatic heterocycles. The van der Waals surface area contributed by atoms with Gasteiger partial charge < -0.3 is 9.47 Å². The zero-order chi connectivity index (χ0) is 15.7. The van der Waals surface area contributed by atoms with E-state index in [2.05, 4.69) is 12.2 Å². The third kappa shape index (κ3) is 2.74. The summed E-state index contributed by atoms with van der Waals surface area (Å²) < 4.78 is 11.1. The number of nitrogens with zero attached hydrogens (tertiary/aromatic N) is 1. The van der Waals surface area contributed by atoms with Crippen LogP contribution in [0.25, 0.3) is 0 Å². The second kappa shape index (κ2) is 5.88. The third-order valence-electron chi connectivity index (χ3n) is 4.33. The molecular weight excluding hydrogens is 286 g/mol. The van der Waals surface area contributed by atoms with E-state index in [-0.39, 0.29) is 23.6 Å². The summed E-state index contributed by atoms with van der Waals surface area (Å²) >= 11 is 0. The van der Waals surface area contributed by atoms with E-state index in [0.29, 0.717) is 24.7 Å². The van der Waals surface area contributed by atoms with Crippen LogP contribution in [0.2, 0.25) is 0 Å². The lowest BCUT2D eigenvalue weighted by Gasteiger charge is -2.32. The topological polar surface area (TPSA) is 78.7 Å². The number of carbonyl (C=O) groups is 1. The predicted molar refractivity (Wildman–Crippen MR) is 78.4 cm³/mol. The van der Waals surface area contributed by atoms with Crippen LogP contribution in [-0.4, -0.2) is 30.2 Å². The molecule has 1 aliphatic carbocycles.